The molecule has 1 aliphatic rings. The van der Waals surface area contributed by atoms with Gasteiger partial charge in [-0.05, 0) is 26.8 Å². The molecule has 0 amide bonds. The van der Waals surface area contributed by atoms with Gasteiger partial charge in [-0.25, -0.2) is 0 Å². The average molecular weight is 367 g/mol. The maximum atomic E-state index is 12.9. The van der Waals surface area contributed by atoms with Crippen LogP contribution in [0, 0.1) is 5.92 Å². The number of aliphatic hydroxyl groups is 1. The van der Waals surface area contributed by atoms with E-state index in [0.29, 0.717) is 30.9 Å². The van der Waals surface area contributed by atoms with Gasteiger partial charge in [0.05, 0.1) is 19.8 Å². The van der Waals surface area contributed by atoms with Gasteiger partial charge >= 0.3 is 6.18 Å². The van der Waals surface area contributed by atoms with Crippen molar-refractivity contribution in [1.82, 2.24) is 10.6 Å². The number of alkyl halides is 3. The number of aliphatic imine (C=N–C) groups is 1. The number of nitrogens with one attached hydrogen (secondary N) is 2. The van der Waals surface area contributed by atoms with Crippen LogP contribution in [0.2, 0.25) is 0 Å². The van der Waals surface area contributed by atoms with Crippen LogP contribution in [0.15, 0.2) is 16.4 Å². The number of rotatable bonds is 10. The Bertz CT molecular complexity index is 467. The Kier molecular flexibility index (Phi) is 9.23. The molecule has 3 N–H and O–H groups in total. The molecule has 0 aliphatic carbocycles. The lowest BCUT2D eigenvalue weighted by molar-refractivity contribution is -0.150. The van der Waals surface area contributed by atoms with E-state index in [0.717, 1.165) is 0 Å². The maximum Gasteiger partial charge on any atom is 0.410 e. The summed E-state index contributed by atoms with van der Waals surface area (Å²) in [6.07, 6.45) is -4.03. The van der Waals surface area contributed by atoms with Crippen molar-refractivity contribution in [2.75, 3.05) is 47.1 Å². The van der Waals surface area contributed by atoms with Gasteiger partial charge in [0.15, 0.2) is 5.88 Å². The van der Waals surface area contributed by atoms with Crippen LogP contribution >= 0.6 is 0 Å². The van der Waals surface area contributed by atoms with Crippen LogP contribution < -0.4 is 10.6 Å². The van der Waals surface area contributed by atoms with Crippen molar-refractivity contribution in [3.8, 4) is 0 Å². The molecular formula is C16H28F3N3O3. The summed E-state index contributed by atoms with van der Waals surface area (Å²) in [6.45, 7) is 3.13. The van der Waals surface area contributed by atoms with Crippen molar-refractivity contribution in [3.05, 3.63) is 11.5 Å². The van der Waals surface area contributed by atoms with Crippen LogP contribution in [0.5, 0.6) is 0 Å². The largest absolute Gasteiger partial charge is 0.495 e. The van der Waals surface area contributed by atoms with Gasteiger partial charge < -0.3 is 25.2 Å². The van der Waals surface area contributed by atoms with Crippen LogP contribution in [0.3, 0.4) is 0 Å². The van der Waals surface area contributed by atoms with E-state index in [-0.39, 0.29) is 38.0 Å². The third kappa shape index (κ3) is 7.21. The van der Waals surface area contributed by atoms with Gasteiger partial charge in [0.25, 0.3) is 0 Å². The van der Waals surface area contributed by atoms with Crippen LogP contribution in [0.4, 0.5) is 13.2 Å². The zero-order chi connectivity index (χ0) is 18.9. The van der Waals surface area contributed by atoms with E-state index in [1.165, 1.54) is 0 Å². The lowest BCUT2D eigenvalue weighted by atomic mass is 9.92. The number of halogens is 3. The van der Waals surface area contributed by atoms with Gasteiger partial charge in [-0.1, -0.05) is 0 Å². The number of likely N-dealkylation sites (N-methyl/N-ethyl adjacent to an activating group) is 1. The summed E-state index contributed by atoms with van der Waals surface area (Å²) in [5.74, 6) is -0.184. The lowest BCUT2D eigenvalue weighted by Gasteiger charge is -2.29. The zero-order valence-corrected chi connectivity index (χ0v) is 14.9. The summed E-state index contributed by atoms with van der Waals surface area (Å²) in [6, 6.07) is -1.66. The molecule has 0 radical (unpaired) electrons. The average Bonchev–Trinajstić information content (AvgIpc) is 2.58. The minimum atomic E-state index is -4.33. The molecule has 1 heterocycles. The van der Waals surface area contributed by atoms with Gasteiger partial charge in [-0.2, -0.15) is 13.2 Å². The molecule has 0 aromatic rings. The highest BCUT2D eigenvalue weighted by molar-refractivity contribution is 5.88. The van der Waals surface area contributed by atoms with E-state index >= 15 is 0 Å². The van der Waals surface area contributed by atoms with Gasteiger partial charge in [-0.15, -0.1) is 0 Å². The Morgan fingerprint density at radius 3 is 2.56 bits per heavy atom. The predicted octanol–water partition coefficient (Wildman–Crippen LogP) is 2.03. The van der Waals surface area contributed by atoms with Gasteiger partial charge in [0.2, 0.25) is 0 Å². The first-order valence-corrected chi connectivity index (χ1v) is 8.35. The van der Waals surface area contributed by atoms with E-state index in [2.05, 4.69) is 15.6 Å². The SMILES string of the molecule is CCOCC1=NC(C(F)(F)F)CCC1COC/C(CNC)=C(\O)NC. The van der Waals surface area contributed by atoms with Gasteiger partial charge in [0.1, 0.15) is 6.04 Å². The van der Waals surface area contributed by atoms with E-state index in [9.17, 15) is 18.3 Å². The fourth-order valence-corrected chi connectivity index (χ4v) is 2.59. The number of ether oxygens (including phenoxy) is 2. The predicted molar refractivity (Wildman–Crippen MR) is 90.0 cm³/mol. The van der Waals surface area contributed by atoms with Crippen molar-refractivity contribution in [1.29, 1.82) is 0 Å². The molecule has 146 valence electrons. The van der Waals surface area contributed by atoms with Crippen LogP contribution in [0.25, 0.3) is 0 Å². The minimum Gasteiger partial charge on any atom is -0.495 e. The summed E-state index contributed by atoms with van der Waals surface area (Å²) >= 11 is 0. The summed E-state index contributed by atoms with van der Waals surface area (Å²) in [4.78, 5) is 3.86. The number of hydrogen-bond donors (Lipinski definition) is 3. The number of nitrogens with zero attached hydrogens (tertiary/aromatic N) is 1. The molecule has 25 heavy (non-hydrogen) atoms. The molecule has 0 fully saturated rings. The highest BCUT2D eigenvalue weighted by Gasteiger charge is 2.42. The molecule has 0 aromatic heterocycles. The van der Waals surface area contributed by atoms with Crippen molar-refractivity contribution in [2.24, 2.45) is 10.9 Å². The summed E-state index contributed by atoms with van der Waals surface area (Å²) in [7, 11) is 3.34. The zero-order valence-electron chi connectivity index (χ0n) is 14.9. The van der Waals surface area contributed by atoms with E-state index in [4.69, 9.17) is 9.47 Å². The number of hydrogen-bond acceptors (Lipinski definition) is 6. The second kappa shape index (κ2) is 10.6. The molecule has 9 heteroatoms. The molecular weight excluding hydrogens is 339 g/mol. The molecule has 1 aliphatic heterocycles. The highest BCUT2D eigenvalue weighted by Crippen LogP contribution is 2.32. The topological polar surface area (TPSA) is 75.1 Å². The van der Waals surface area contributed by atoms with Crippen LogP contribution in [-0.2, 0) is 9.47 Å². The highest BCUT2D eigenvalue weighted by atomic mass is 19.4. The number of aliphatic hydroxyl groups excluding tert-OH is 1. The Morgan fingerprint density at radius 2 is 2.00 bits per heavy atom. The third-order valence-electron chi connectivity index (χ3n) is 3.97. The molecule has 0 bridgehead atoms. The Balaban J connectivity index is 2.69. The van der Waals surface area contributed by atoms with Gasteiger partial charge in [0, 0.05) is 37.4 Å². The lowest BCUT2D eigenvalue weighted by Crippen LogP contribution is -2.37. The first kappa shape index (κ1) is 21.7. The van der Waals surface area contributed by atoms with Gasteiger partial charge in [-0.3, -0.25) is 4.99 Å². The molecule has 2 atom stereocenters. The Labute approximate surface area is 146 Å². The first-order valence-electron chi connectivity index (χ1n) is 8.35. The standard InChI is InChI=1S/C16H28F3N3O3/c1-4-24-10-13-11(5-6-14(22-13)16(17,18)19)8-25-9-12(7-20-2)15(23)21-3/h11,14,20-21,23H,4-10H2,1-3H3/b15-12-. The van der Waals surface area contributed by atoms with Crippen molar-refractivity contribution in [2.45, 2.75) is 32.0 Å². The molecule has 6 nitrogen and oxygen atoms in total. The minimum absolute atomic E-state index is 0.0262. The second-order valence-electron chi connectivity index (χ2n) is 5.84. The van der Waals surface area contributed by atoms with Crippen LogP contribution in [0.1, 0.15) is 19.8 Å². The molecule has 2 unspecified atom stereocenters. The summed E-state index contributed by atoms with van der Waals surface area (Å²) < 4.78 is 49.6. The van der Waals surface area contributed by atoms with Crippen LogP contribution in [-0.4, -0.2) is 70.1 Å². The maximum absolute atomic E-state index is 12.9. The summed E-state index contributed by atoms with van der Waals surface area (Å²) in [5.41, 5.74) is 1.03. The quantitative estimate of drug-likeness (QED) is 0.515. The van der Waals surface area contributed by atoms with Crippen molar-refractivity contribution < 1.29 is 27.8 Å². The second-order valence-corrected chi connectivity index (χ2v) is 5.84. The fraction of sp³-hybridized carbons (Fsp3) is 0.812. The molecule has 0 aromatic carbocycles. The smallest absolute Gasteiger partial charge is 0.410 e. The summed E-state index contributed by atoms with van der Waals surface area (Å²) in [5, 5.41) is 15.3. The third-order valence-corrected chi connectivity index (χ3v) is 3.97. The normalized spacial score (nSPS) is 22.4. The van der Waals surface area contributed by atoms with E-state index < -0.39 is 12.2 Å². The van der Waals surface area contributed by atoms with Crippen molar-refractivity contribution in [3.63, 3.8) is 0 Å². The first-order chi connectivity index (χ1) is 11.8. The Morgan fingerprint density at radius 1 is 1.28 bits per heavy atom. The van der Waals surface area contributed by atoms with E-state index in [1.54, 1.807) is 21.0 Å². The molecule has 1 rings (SSSR count). The fourth-order valence-electron chi connectivity index (χ4n) is 2.59. The Hall–Kier alpha value is -1.32. The molecule has 0 spiro atoms. The van der Waals surface area contributed by atoms with Crippen molar-refractivity contribution >= 4 is 5.71 Å². The monoisotopic (exact) mass is 367 g/mol. The molecule has 0 saturated carbocycles. The molecule has 0 saturated heterocycles. The van der Waals surface area contributed by atoms with E-state index in [1.807, 2.05) is 0 Å².